The molecule has 0 radical (unpaired) electrons. The molecular weight excluding hydrogens is 358 g/mol. The van der Waals surface area contributed by atoms with Gasteiger partial charge in [0.2, 0.25) is 11.7 Å². The van der Waals surface area contributed by atoms with E-state index in [0.29, 0.717) is 19.6 Å². The molecule has 0 atom stereocenters. The minimum Gasteiger partial charge on any atom is -0.351 e. The van der Waals surface area contributed by atoms with E-state index in [1.54, 1.807) is 11.9 Å². The molecule has 0 bridgehead atoms. The molecule has 0 spiro atoms. The van der Waals surface area contributed by atoms with E-state index in [1.807, 2.05) is 24.4 Å². The number of likely N-dealkylation sites (tertiary alicyclic amines) is 1. The van der Waals surface area contributed by atoms with Crippen molar-refractivity contribution in [3.8, 4) is 0 Å². The Hall–Kier alpha value is -3.23. The summed E-state index contributed by atoms with van der Waals surface area (Å²) < 4.78 is 3.63. The van der Waals surface area contributed by atoms with Crippen molar-refractivity contribution in [2.75, 3.05) is 13.1 Å². The zero-order valence-corrected chi connectivity index (χ0v) is 16.0. The lowest BCUT2D eigenvalue weighted by Crippen LogP contribution is -2.38. The van der Waals surface area contributed by atoms with Gasteiger partial charge in [0.25, 0.3) is 5.91 Å². The molecule has 0 saturated carbocycles. The Balaban J connectivity index is 1.50. The standard InChI is InChI=1S/C19H23N7O2/c1-13(27)20-11-15-16-5-3-4-8-26(16)18(22-15)14-6-9-25(10-7-14)19(28)17-21-12-24(2)23-17/h3-5,8,12,14H,6-7,9-11H2,1-2H3,(H,20,27). The number of nitrogens with one attached hydrogen (secondary N) is 1. The molecule has 1 aliphatic rings. The second kappa shape index (κ2) is 7.41. The van der Waals surface area contributed by atoms with Crippen LogP contribution >= 0.6 is 0 Å². The number of hydrogen-bond acceptors (Lipinski definition) is 5. The highest BCUT2D eigenvalue weighted by Crippen LogP contribution is 2.29. The van der Waals surface area contributed by atoms with E-state index in [1.165, 1.54) is 17.9 Å². The van der Waals surface area contributed by atoms with Gasteiger partial charge in [-0.1, -0.05) is 6.07 Å². The number of pyridine rings is 1. The van der Waals surface area contributed by atoms with E-state index in [2.05, 4.69) is 19.8 Å². The van der Waals surface area contributed by atoms with Crippen LogP contribution in [0.3, 0.4) is 0 Å². The topological polar surface area (TPSA) is 97.4 Å². The van der Waals surface area contributed by atoms with E-state index in [0.717, 1.165) is 29.9 Å². The van der Waals surface area contributed by atoms with Crippen molar-refractivity contribution in [2.24, 2.45) is 7.05 Å². The van der Waals surface area contributed by atoms with Crippen LogP contribution in [0.15, 0.2) is 30.7 Å². The fourth-order valence-electron chi connectivity index (χ4n) is 3.67. The zero-order chi connectivity index (χ0) is 19.7. The van der Waals surface area contributed by atoms with E-state index in [-0.39, 0.29) is 23.6 Å². The maximum Gasteiger partial charge on any atom is 0.293 e. The summed E-state index contributed by atoms with van der Waals surface area (Å²) in [6.45, 7) is 3.20. The Labute approximate surface area is 162 Å². The van der Waals surface area contributed by atoms with Gasteiger partial charge in [0, 0.05) is 39.2 Å². The number of fused-ring (bicyclic) bond motifs is 1. The Morgan fingerprint density at radius 2 is 2.04 bits per heavy atom. The third-order valence-corrected chi connectivity index (χ3v) is 5.09. The van der Waals surface area contributed by atoms with Gasteiger partial charge in [0.15, 0.2) is 0 Å². The van der Waals surface area contributed by atoms with E-state index < -0.39 is 0 Å². The van der Waals surface area contributed by atoms with Gasteiger partial charge in [-0.25, -0.2) is 9.97 Å². The normalized spacial score (nSPS) is 15.1. The Morgan fingerprint density at radius 3 is 2.71 bits per heavy atom. The van der Waals surface area contributed by atoms with Crippen LogP contribution in [0.2, 0.25) is 0 Å². The first kappa shape index (κ1) is 18.1. The average Bonchev–Trinajstić information content (AvgIpc) is 3.30. The lowest BCUT2D eigenvalue weighted by atomic mass is 9.96. The highest BCUT2D eigenvalue weighted by molar-refractivity contribution is 5.90. The predicted octanol–water partition coefficient (Wildman–Crippen LogP) is 1.12. The number of aromatic nitrogens is 5. The van der Waals surface area contributed by atoms with Gasteiger partial charge in [-0.3, -0.25) is 14.3 Å². The fourth-order valence-corrected chi connectivity index (χ4v) is 3.67. The summed E-state index contributed by atoms with van der Waals surface area (Å²) >= 11 is 0. The summed E-state index contributed by atoms with van der Waals surface area (Å²) in [5.41, 5.74) is 1.87. The summed E-state index contributed by atoms with van der Waals surface area (Å²) in [5, 5.41) is 6.93. The van der Waals surface area contributed by atoms with Crippen LogP contribution in [0.1, 0.15) is 47.8 Å². The molecule has 4 rings (SSSR count). The third kappa shape index (κ3) is 3.47. The predicted molar refractivity (Wildman–Crippen MR) is 102 cm³/mol. The number of amides is 2. The lowest BCUT2D eigenvalue weighted by Gasteiger charge is -2.30. The van der Waals surface area contributed by atoms with Gasteiger partial charge in [0.05, 0.1) is 17.8 Å². The third-order valence-electron chi connectivity index (χ3n) is 5.09. The minimum absolute atomic E-state index is 0.0754. The Bertz CT molecular complexity index is 1010. The van der Waals surface area contributed by atoms with E-state index in [4.69, 9.17) is 4.98 Å². The molecule has 9 nitrogen and oxygen atoms in total. The SMILES string of the molecule is CC(=O)NCc1nc(C2CCN(C(=O)c3ncn(C)n3)CC2)n2ccccc12. The molecule has 1 fully saturated rings. The maximum atomic E-state index is 12.5. The van der Waals surface area contributed by atoms with Crippen molar-refractivity contribution in [1.29, 1.82) is 0 Å². The molecule has 0 aromatic carbocycles. The number of aryl methyl sites for hydroxylation is 1. The number of hydrogen-bond donors (Lipinski definition) is 1. The second-order valence-electron chi connectivity index (χ2n) is 7.09. The molecule has 2 amide bonds. The Kier molecular flexibility index (Phi) is 4.81. The second-order valence-corrected chi connectivity index (χ2v) is 7.09. The molecule has 4 heterocycles. The van der Waals surface area contributed by atoms with Gasteiger partial charge in [0.1, 0.15) is 12.2 Å². The number of imidazole rings is 1. The Morgan fingerprint density at radius 1 is 1.25 bits per heavy atom. The van der Waals surface area contributed by atoms with Crippen molar-refractivity contribution in [1.82, 2.24) is 34.4 Å². The highest BCUT2D eigenvalue weighted by atomic mass is 16.2. The highest BCUT2D eigenvalue weighted by Gasteiger charge is 2.29. The molecule has 9 heteroatoms. The van der Waals surface area contributed by atoms with Crippen LogP contribution in [-0.4, -0.2) is 54.0 Å². The van der Waals surface area contributed by atoms with Crippen molar-refractivity contribution in [3.05, 3.63) is 48.1 Å². The molecule has 28 heavy (non-hydrogen) atoms. The van der Waals surface area contributed by atoms with Crippen molar-refractivity contribution < 1.29 is 9.59 Å². The summed E-state index contributed by atoms with van der Waals surface area (Å²) in [6.07, 6.45) is 5.19. The molecule has 146 valence electrons. The lowest BCUT2D eigenvalue weighted by molar-refractivity contribution is -0.119. The fraction of sp³-hybridized carbons (Fsp3) is 0.421. The largest absolute Gasteiger partial charge is 0.351 e. The molecule has 3 aromatic heterocycles. The molecule has 3 aromatic rings. The van der Waals surface area contributed by atoms with Gasteiger partial charge in [-0.05, 0) is 25.0 Å². The molecule has 1 saturated heterocycles. The number of carbonyl (C=O) groups is 2. The zero-order valence-electron chi connectivity index (χ0n) is 16.0. The van der Waals surface area contributed by atoms with E-state index in [9.17, 15) is 9.59 Å². The molecule has 1 aliphatic heterocycles. The first-order valence-electron chi connectivity index (χ1n) is 9.38. The van der Waals surface area contributed by atoms with Crippen LogP contribution in [0, 0.1) is 0 Å². The summed E-state index contributed by atoms with van der Waals surface area (Å²) in [5.74, 6) is 1.28. The van der Waals surface area contributed by atoms with Gasteiger partial charge in [-0.15, -0.1) is 5.10 Å². The maximum absolute atomic E-state index is 12.5. The van der Waals surface area contributed by atoms with E-state index >= 15 is 0 Å². The first-order chi connectivity index (χ1) is 13.5. The van der Waals surface area contributed by atoms with Crippen LogP contribution in [0.5, 0.6) is 0 Å². The van der Waals surface area contributed by atoms with Crippen LogP contribution in [0.4, 0.5) is 0 Å². The van der Waals surface area contributed by atoms with Gasteiger partial charge in [-0.2, -0.15) is 0 Å². The van der Waals surface area contributed by atoms with Crippen LogP contribution < -0.4 is 5.32 Å². The quantitative estimate of drug-likeness (QED) is 0.730. The number of nitrogens with zero attached hydrogens (tertiary/aromatic N) is 6. The van der Waals surface area contributed by atoms with Gasteiger partial charge >= 0.3 is 0 Å². The van der Waals surface area contributed by atoms with Crippen LogP contribution in [0.25, 0.3) is 5.52 Å². The monoisotopic (exact) mass is 381 g/mol. The minimum atomic E-state index is -0.127. The van der Waals surface area contributed by atoms with Gasteiger partial charge < -0.3 is 14.6 Å². The number of rotatable bonds is 4. The summed E-state index contributed by atoms with van der Waals surface area (Å²) in [4.78, 5) is 34.5. The van der Waals surface area contributed by atoms with Crippen molar-refractivity contribution in [3.63, 3.8) is 0 Å². The molecule has 1 N–H and O–H groups in total. The molecule has 0 unspecified atom stereocenters. The molecular formula is C19H23N7O2. The van der Waals surface area contributed by atoms with Crippen molar-refractivity contribution in [2.45, 2.75) is 32.2 Å². The van der Waals surface area contributed by atoms with Crippen LogP contribution in [-0.2, 0) is 18.4 Å². The summed E-state index contributed by atoms with van der Waals surface area (Å²) in [7, 11) is 1.75. The molecule has 0 aliphatic carbocycles. The first-order valence-corrected chi connectivity index (χ1v) is 9.38. The average molecular weight is 381 g/mol. The van der Waals surface area contributed by atoms with Crippen molar-refractivity contribution >= 4 is 17.3 Å². The number of carbonyl (C=O) groups excluding carboxylic acids is 2. The number of piperidine rings is 1. The summed E-state index contributed by atoms with van der Waals surface area (Å²) in [6, 6.07) is 5.96. The smallest absolute Gasteiger partial charge is 0.293 e.